The third kappa shape index (κ3) is 2.83. The lowest BCUT2D eigenvalue weighted by Gasteiger charge is -2.58. The van der Waals surface area contributed by atoms with Crippen LogP contribution in [0.3, 0.4) is 0 Å². The van der Waals surface area contributed by atoms with Gasteiger partial charge in [-0.3, -0.25) is 0 Å². The topological polar surface area (TPSA) is 9.23 Å². The van der Waals surface area contributed by atoms with Crippen LogP contribution in [0.4, 0.5) is 0 Å². The van der Waals surface area contributed by atoms with Crippen molar-refractivity contribution in [2.24, 2.45) is 52.3 Å². The molecule has 0 radical (unpaired) electrons. The van der Waals surface area contributed by atoms with Crippen molar-refractivity contribution >= 4 is 0 Å². The van der Waals surface area contributed by atoms with Crippen molar-refractivity contribution in [1.82, 2.24) is 0 Å². The number of hydrogen-bond donors (Lipinski definition) is 0. The van der Waals surface area contributed by atoms with E-state index in [1.807, 2.05) is 5.57 Å². The predicted octanol–water partition coefficient (Wildman–Crippen LogP) is 8.19. The summed E-state index contributed by atoms with van der Waals surface area (Å²) in [4.78, 5) is 0. The van der Waals surface area contributed by atoms with Crippen molar-refractivity contribution in [3.8, 4) is 0 Å². The van der Waals surface area contributed by atoms with Crippen molar-refractivity contribution in [2.45, 2.75) is 123 Å². The largest absolute Gasteiger partial charge is 0.371 e. The second-order valence-electron chi connectivity index (χ2n) is 13.8. The molecular formula is C30H48O. The number of hydrogen-bond acceptors (Lipinski definition) is 1. The molecule has 6 aliphatic rings. The maximum atomic E-state index is 7.16. The zero-order valence-electron chi connectivity index (χ0n) is 21.1. The molecule has 5 aliphatic carbocycles. The normalized spacial score (nSPS) is 58.3. The highest BCUT2D eigenvalue weighted by Gasteiger charge is 2.67. The van der Waals surface area contributed by atoms with Gasteiger partial charge in [0.2, 0.25) is 0 Å². The first-order valence-corrected chi connectivity index (χ1v) is 14.2. The standard InChI is InChI=1S/C30H48O/c1-6-21-11-13-28(4)22(17-21)7-8-23-24(28)12-14-29(5)25(23)18-26-27(29)20(3)30(31-26)15-9-19(2)10-16-30/h7,19-21,23-27H,6,8-18H2,1-5H3. The zero-order valence-corrected chi connectivity index (χ0v) is 21.1. The molecule has 1 aliphatic heterocycles. The SMILES string of the molecule is CCC1CCC2(C)C(=CCC3C2CCC2(C)C3CC3OC4(CCC(C)CC4)C(C)C32)C1. The Morgan fingerprint density at radius 1 is 0.968 bits per heavy atom. The van der Waals surface area contributed by atoms with Crippen molar-refractivity contribution in [3.05, 3.63) is 11.6 Å². The number of ether oxygens (including phenoxy) is 1. The molecule has 174 valence electrons. The Bertz CT molecular complexity index is 744. The first kappa shape index (κ1) is 21.2. The zero-order chi connectivity index (χ0) is 21.6. The molecule has 9 unspecified atom stereocenters. The lowest BCUT2D eigenvalue weighted by molar-refractivity contribution is -0.101. The molecule has 0 bridgehead atoms. The summed E-state index contributed by atoms with van der Waals surface area (Å²) >= 11 is 0. The highest BCUT2D eigenvalue weighted by molar-refractivity contribution is 5.26. The molecule has 6 rings (SSSR count). The number of rotatable bonds is 1. The molecule has 5 fully saturated rings. The van der Waals surface area contributed by atoms with E-state index < -0.39 is 0 Å². The second kappa shape index (κ2) is 7.10. The molecule has 0 aromatic rings. The Balaban J connectivity index is 1.27. The summed E-state index contributed by atoms with van der Waals surface area (Å²) < 4.78 is 7.16. The summed E-state index contributed by atoms with van der Waals surface area (Å²) in [6.45, 7) is 12.9. The number of fused-ring (bicyclic) bond motifs is 7. The fourth-order valence-corrected chi connectivity index (χ4v) is 10.7. The van der Waals surface area contributed by atoms with E-state index in [1.165, 1.54) is 77.0 Å². The molecule has 1 heterocycles. The summed E-state index contributed by atoms with van der Waals surface area (Å²) in [5, 5.41) is 0. The van der Waals surface area contributed by atoms with Crippen molar-refractivity contribution < 1.29 is 4.74 Å². The van der Waals surface area contributed by atoms with Crippen molar-refractivity contribution in [3.63, 3.8) is 0 Å². The van der Waals surface area contributed by atoms with Crippen LogP contribution in [0.1, 0.15) is 112 Å². The second-order valence-corrected chi connectivity index (χ2v) is 13.8. The number of allylic oxidation sites excluding steroid dienone is 2. The van der Waals surface area contributed by atoms with E-state index in [9.17, 15) is 0 Å². The van der Waals surface area contributed by atoms with Gasteiger partial charge in [-0.1, -0.05) is 52.7 Å². The molecule has 31 heavy (non-hydrogen) atoms. The Morgan fingerprint density at radius 3 is 2.48 bits per heavy atom. The smallest absolute Gasteiger partial charge is 0.0715 e. The van der Waals surface area contributed by atoms with Gasteiger partial charge in [-0.25, -0.2) is 0 Å². The summed E-state index contributed by atoms with van der Waals surface area (Å²) in [7, 11) is 0. The molecule has 0 N–H and O–H groups in total. The van der Waals surface area contributed by atoms with Gasteiger partial charge in [0.15, 0.2) is 0 Å². The van der Waals surface area contributed by atoms with E-state index in [0.29, 0.717) is 16.9 Å². The summed E-state index contributed by atoms with van der Waals surface area (Å²) in [5.41, 5.74) is 3.14. The van der Waals surface area contributed by atoms with Crippen LogP contribution in [-0.4, -0.2) is 11.7 Å². The van der Waals surface area contributed by atoms with Gasteiger partial charge in [-0.2, -0.15) is 0 Å². The van der Waals surface area contributed by atoms with Crippen LogP contribution in [0.25, 0.3) is 0 Å². The van der Waals surface area contributed by atoms with Gasteiger partial charge in [-0.05, 0) is 123 Å². The molecule has 4 saturated carbocycles. The summed E-state index contributed by atoms with van der Waals surface area (Å²) in [6, 6.07) is 0. The molecule has 1 heteroatoms. The fourth-order valence-electron chi connectivity index (χ4n) is 10.7. The molecule has 1 nitrogen and oxygen atoms in total. The minimum Gasteiger partial charge on any atom is -0.371 e. The third-order valence-electron chi connectivity index (χ3n) is 12.7. The average molecular weight is 425 g/mol. The molecule has 9 atom stereocenters. The summed E-state index contributed by atoms with van der Waals surface area (Å²) in [6.07, 6.45) is 20.2. The molecular weight excluding hydrogens is 376 g/mol. The highest BCUT2D eigenvalue weighted by Crippen LogP contribution is 2.71. The average Bonchev–Trinajstić information content (AvgIpc) is 3.20. The van der Waals surface area contributed by atoms with Gasteiger partial charge in [-0.15, -0.1) is 0 Å². The van der Waals surface area contributed by atoms with Crippen LogP contribution < -0.4 is 0 Å². The van der Waals surface area contributed by atoms with Crippen molar-refractivity contribution in [1.29, 1.82) is 0 Å². The quantitative estimate of drug-likeness (QED) is 0.385. The van der Waals surface area contributed by atoms with Gasteiger partial charge < -0.3 is 4.74 Å². The van der Waals surface area contributed by atoms with E-state index in [-0.39, 0.29) is 5.60 Å². The molecule has 0 aromatic heterocycles. The third-order valence-corrected chi connectivity index (χ3v) is 12.7. The van der Waals surface area contributed by atoms with E-state index in [4.69, 9.17) is 4.74 Å². The lowest BCUT2D eigenvalue weighted by Crippen LogP contribution is -2.51. The predicted molar refractivity (Wildman–Crippen MR) is 129 cm³/mol. The Kier molecular flexibility index (Phi) is 4.87. The van der Waals surface area contributed by atoms with Crippen LogP contribution >= 0.6 is 0 Å². The van der Waals surface area contributed by atoms with Gasteiger partial charge in [0.05, 0.1) is 11.7 Å². The monoisotopic (exact) mass is 424 g/mol. The fraction of sp³-hybridized carbons (Fsp3) is 0.933. The van der Waals surface area contributed by atoms with E-state index in [2.05, 4.69) is 40.7 Å². The van der Waals surface area contributed by atoms with Gasteiger partial charge in [0, 0.05) is 0 Å². The maximum Gasteiger partial charge on any atom is 0.0715 e. The molecule has 1 saturated heterocycles. The van der Waals surface area contributed by atoms with Crippen LogP contribution in [0.15, 0.2) is 11.6 Å². The first-order valence-electron chi connectivity index (χ1n) is 14.2. The van der Waals surface area contributed by atoms with Crippen LogP contribution in [-0.2, 0) is 4.74 Å². The summed E-state index contributed by atoms with van der Waals surface area (Å²) in [5.74, 6) is 6.23. The highest BCUT2D eigenvalue weighted by atomic mass is 16.5. The van der Waals surface area contributed by atoms with E-state index in [0.717, 1.165) is 41.4 Å². The van der Waals surface area contributed by atoms with Gasteiger partial charge in [0.25, 0.3) is 0 Å². The van der Waals surface area contributed by atoms with E-state index in [1.54, 1.807) is 0 Å². The maximum absolute atomic E-state index is 7.16. The lowest BCUT2D eigenvalue weighted by atomic mass is 9.46. The minimum atomic E-state index is 0.233. The Labute approximate surface area is 192 Å². The van der Waals surface area contributed by atoms with Crippen LogP contribution in [0, 0.1) is 52.3 Å². The van der Waals surface area contributed by atoms with Crippen molar-refractivity contribution in [2.75, 3.05) is 0 Å². The molecule has 0 amide bonds. The van der Waals surface area contributed by atoms with Gasteiger partial charge in [0.1, 0.15) is 0 Å². The Morgan fingerprint density at radius 2 is 1.74 bits per heavy atom. The minimum absolute atomic E-state index is 0.233. The van der Waals surface area contributed by atoms with Crippen LogP contribution in [0.2, 0.25) is 0 Å². The van der Waals surface area contributed by atoms with E-state index >= 15 is 0 Å². The molecule has 1 spiro atoms. The van der Waals surface area contributed by atoms with Gasteiger partial charge >= 0.3 is 0 Å². The molecule has 0 aromatic carbocycles. The first-order chi connectivity index (χ1) is 14.8. The Hall–Kier alpha value is -0.300. The van der Waals surface area contributed by atoms with Crippen LogP contribution in [0.5, 0.6) is 0 Å².